The van der Waals surface area contributed by atoms with Crippen LogP contribution in [0.2, 0.25) is 5.02 Å². The van der Waals surface area contributed by atoms with Crippen molar-refractivity contribution in [1.82, 2.24) is 5.01 Å². The molecule has 33 heavy (non-hydrogen) atoms. The molecule has 2 aromatic rings. The van der Waals surface area contributed by atoms with Gasteiger partial charge in [0.15, 0.2) is 0 Å². The molecular formula is C24H33Cl2N3O4. The lowest BCUT2D eigenvalue weighted by atomic mass is 9.78. The van der Waals surface area contributed by atoms with E-state index in [-0.39, 0.29) is 24.5 Å². The molecule has 7 nitrogen and oxygen atoms in total. The molecule has 0 spiro atoms. The number of nitrogens with two attached hydrogens (primary N) is 2. The Morgan fingerprint density at radius 1 is 1.15 bits per heavy atom. The average molecular weight is 498 g/mol. The molecule has 0 aromatic heterocycles. The monoisotopic (exact) mass is 497 g/mol. The van der Waals surface area contributed by atoms with E-state index in [1.165, 1.54) is 11.2 Å². The van der Waals surface area contributed by atoms with E-state index in [9.17, 15) is 5.11 Å². The van der Waals surface area contributed by atoms with Crippen LogP contribution in [0.1, 0.15) is 31.4 Å². The van der Waals surface area contributed by atoms with E-state index in [1.807, 2.05) is 42.5 Å². The quantitative estimate of drug-likeness (QED) is 0.145. The number of hydrazine groups is 1. The summed E-state index contributed by atoms with van der Waals surface area (Å²) < 4.78 is 11.4. The molecule has 0 aliphatic carbocycles. The summed E-state index contributed by atoms with van der Waals surface area (Å²) in [5, 5.41) is 20.4. The highest BCUT2D eigenvalue weighted by atomic mass is 35.5. The number of aliphatic hydroxyl groups is 2. The maximum absolute atomic E-state index is 9.57. The van der Waals surface area contributed by atoms with E-state index in [1.54, 1.807) is 0 Å². The minimum atomic E-state index is -0.740. The summed E-state index contributed by atoms with van der Waals surface area (Å²) in [6.07, 6.45) is 1.47. The van der Waals surface area contributed by atoms with Crippen LogP contribution in [0.15, 0.2) is 54.4 Å². The maximum atomic E-state index is 9.57. The van der Waals surface area contributed by atoms with Gasteiger partial charge in [0.1, 0.15) is 24.2 Å². The summed E-state index contributed by atoms with van der Waals surface area (Å²) in [5.74, 6) is 7.16. The SMILES string of the molecule is CC(C)(c1ccc(OCCCN(N)/C=C(\N)CO)cc1)c1ccc(OC[C@@H](O)CCl)c(Cl)c1. The topological polar surface area (TPSA) is 114 Å². The molecule has 0 unspecified atom stereocenters. The first-order valence-corrected chi connectivity index (χ1v) is 11.6. The predicted octanol–water partition coefficient (Wildman–Crippen LogP) is 3.38. The van der Waals surface area contributed by atoms with Crippen LogP contribution >= 0.6 is 23.2 Å². The first-order chi connectivity index (χ1) is 15.7. The largest absolute Gasteiger partial charge is 0.494 e. The van der Waals surface area contributed by atoms with Gasteiger partial charge in [-0.3, -0.25) is 0 Å². The van der Waals surface area contributed by atoms with Gasteiger partial charge in [-0.1, -0.05) is 43.6 Å². The Bertz CT molecular complexity index is 907. The number of ether oxygens (including phenoxy) is 2. The summed E-state index contributed by atoms with van der Waals surface area (Å²) >= 11 is 12.0. The molecule has 6 N–H and O–H groups in total. The number of rotatable bonds is 13. The minimum Gasteiger partial charge on any atom is -0.494 e. The normalized spacial score (nSPS) is 13.0. The van der Waals surface area contributed by atoms with Crippen molar-refractivity contribution in [1.29, 1.82) is 0 Å². The third-order valence-electron chi connectivity index (χ3n) is 5.18. The number of benzene rings is 2. The molecule has 182 valence electrons. The molecule has 0 amide bonds. The predicted molar refractivity (Wildman–Crippen MR) is 133 cm³/mol. The Morgan fingerprint density at radius 3 is 2.42 bits per heavy atom. The van der Waals surface area contributed by atoms with E-state index < -0.39 is 6.10 Å². The molecule has 2 aromatic carbocycles. The van der Waals surface area contributed by atoms with E-state index in [0.717, 1.165) is 16.9 Å². The molecule has 0 saturated carbocycles. The number of halogens is 2. The Morgan fingerprint density at radius 2 is 1.82 bits per heavy atom. The van der Waals surface area contributed by atoms with Crippen LogP contribution < -0.4 is 21.1 Å². The van der Waals surface area contributed by atoms with Crippen molar-refractivity contribution in [3.05, 3.63) is 70.5 Å². The number of aliphatic hydroxyl groups excluding tert-OH is 2. The number of alkyl halides is 1. The van der Waals surface area contributed by atoms with Gasteiger partial charge >= 0.3 is 0 Å². The summed E-state index contributed by atoms with van der Waals surface area (Å²) in [6.45, 7) is 5.15. The fourth-order valence-corrected chi connectivity index (χ4v) is 3.45. The molecular weight excluding hydrogens is 465 g/mol. The van der Waals surface area contributed by atoms with Gasteiger partial charge in [-0.05, 0) is 35.4 Å². The summed E-state index contributed by atoms with van der Waals surface area (Å²) in [6, 6.07) is 13.6. The van der Waals surface area contributed by atoms with Gasteiger partial charge in [0.25, 0.3) is 0 Å². The highest BCUT2D eigenvalue weighted by molar-refractivity contribution is 6.32. The van der Waals surface area contributed by atoms with Crippen LogP contribution in [0.4, 0.5) is 0 Å². The summed E-state index contributed by atoms with van der Waals surface area (Å²) in [5.41, 5.74) is 7.69. The molecule has 0 heterocycles. The molecule has 2 rings (SSSR count). The second-order valence-electron chi connectivity index (χ2n) is 8.22. The second kappa shape index (κ2) is 12.9. The van der Waals surface area contributed by atoms with Crippen molar-refractivity contribution < 1.29 is 19.7 Å². The zero-order valence-electron chi connectivity index (χ0n) is 19.0. The first kappa shape index (κ1) is 27.1. The molecule has 0 bridgehead atoms. The lowest BCUT2D eigenvalue weighted by Crippen LogP contribution is -2.29. The van der Waals surface area contributed by atoms with Crippen LogP contribution in [0, 0.1) is 0 Å². The minimum absolute atomic E-state index is 0.0875. The summed E-state index contributed by atoms with van der Waals surface area (Å²) in [4.78, 5) is 0. The van der Waals surface area contributed by atoms with E-state index >= 15 is 0 Å². The molecule has 0 aliphatic rings. The van der Waals surface area contributed by atoms with Gasteiger partial charge in [-0.2, -0.15) is 0 Å². The Hall–Kier alpha value is -2.16. The van der Waals surface area contributed by atoms with Crippen molar-refractivity contribution in [3.63, 3.8) is 0 Å². The smallest absolute Gasteiger partial charge is 0.138 e. The van der Waals surface area contributed by atoms with Crippen LogP contribution in [0.25, 0.3) is 0 Å². The van der Waals surface area contributed by atoms with Gasteiger partial charge in [0, 0.05) is 24.6 Å². The zero-order valence-corrected chi connectivity index (χ0v) is 20.5. The Kier molecular flexibility index (Phi) is 10.6. The highest BCUT2D eigenvalue weighted by Gasteiger charge is 2.24. The molecule has 1 atom stereocenters. The standard InChI is InChI=1S/C24H33Cl2N3O4/c1-24(2,18-6-9-23(22(26)12-18)33-16-20(31)13-25)17-4-7-21(8-5-17)32-11-3-10-29(28)14-19(27)15-30/h4-9,12,14,20,30-31H,3,10-11,13,15-16,27-28H2,1-2H3/b19-14-/t20-/m0/s1. The maximum Gasteiger partial charge on any atom is 0.138 e. The molecule has 9 heteroatoms. The Balaban J connectivity index is 1.95. The van der Waals surface area contributed by atoms with Gasteiger partial charge in [-0.25, -0.2) is 5.84 Å². The van der Waals surface area contributed by atoms with E-state index in [4.69, 9.17) is 49.4 Å². The third-order valence-corrected chi connectivity index (χ3v) is 5.83. The molecule has 0 saturated heterocycles. The lowest BCUT2D eigenvalue weighted by molar-refractivity contribution is 0.125. The number of nitrogens with zero attached hydrogens (tertiary/aromatic N) is 1. The van der Waals surface area contributed by atoms with Gasteiger partial charge in [-0.15, -0.1) is 11.6 Å². The first-order valence-electron chi connectivity index (χ1n) is 10.7. The van der Waals surface area contributed by atoms with Crippen LogP contribution in [-0.2, 0) is 5.41 Å². The van der Waals surface area contributed by atoms with Crippen molar-refractivity contribution in [2.75, 3.05) is 32.2 Å². The van der Waals surface area contributed by atoms with E-state index in [2.05, 4.69) is 13.8 Å². The van der Waals surface area contributed by atoms with Crippen molar-refractivity contribution >= 4 is 23.2 Å². The number of hydrogen-bond donors (Lipinski definition) is 4. The van der Waals surface area contributed by atoms with Crippen molar-refractivity contribution in [2.45, 2.75) is 31.8 Å². The zero-order chi connectivity index (χ0) is 24.4. The number of hydrogen-bond acceptors (Lipinski definition) is 7. The van der Waals surface area contributed by atoms with Gasteiger partial charge in [0.2, 0.25) is 0 Å². The lowest BCUT2D eigenvalue weighted by Gasteiger charge is -2.27. The van der Waals surface area contributed by atoms with Crippen molar-refractivity contribution in [2.24, 2.45) is 11.6 Å². The molecule has 0 aliphatic heterocycles. The highest BCUT2D eigenvalue weighted by Crippen LogP contribution is 2.36. The van der Waals surface area contributed by atoms with Crippen LogP contribution in [-0.4, -0.2) is 53.6 Å². The van der Waals surface area contributed by atoms with Gasteiger partial charge < -0.3 is 30.4 Å². The fraction of sp³-hybridized carbons (Fsp3) is 0.417. The Labute approximate surface area is 205 Å². The molecule has 0 fully saturated rings. The second-order valence-corrected chi connectivity index (χ2v) is 8.93. The van der Waals surface area contributed by atoms with Crippen LogP contribution in [0.3, 0.4) is 0 Å². The average Bonchev–Trinajstić information content (AvgIpc) is 2.80. The van der Waals surface area contributed by atoms with Crippen LogP contribution in [0.5, 0.6) is 11.5 Å². The molecule has 0 radical (unpaired) electrons. The summed E-state index contributed by atoms with van der Waals surface area (Å²) in [7, 11) is 0. The van der Waals surface area contributed by atoms with E-state index in [0.29, 0.717) is 36.0 Å². The fourth-order valence-electron chi connectivity index (χ4n) is 3.13. The third kappa shape index (κ3) is 8.28. The van der Waals surface area contributed by atoms with Crippen molar-refractivity contribution in [3.8, 4) is 11.5 Å². The van der Waals surface area contributed by atoms with Gasteiger partial charge in [0.05, 0.1) is 29.8 Å².